The molecule has 264 valence electrons. The van der Waals surface area contributed by atoms with Crippen LogP contribution in [-0.2, 0) is 34.8 Å². The Bertz CT molecular complexity index is 1800. The number of nitrogens with zero attached hydrogens (tertiary/aromatic N) is 1. The maximum Gasteiger partial charge on any atom is 0.416 e. The summed E-state index contributed by atoms with van der Waals surface area (Å²) in [4.78, 5) is 19.2. The third kappa shape index (κ3) is 8.86. The minimum atomic E-state index is -5.03. The third-order valence-electron chi connectivity index (χ3n) is 7.75. The number of halogens is 8. The fourth-order valence-corrected chi connectivity index (χ4v) is 6.07. The maximum atomic E-state index is 14.4. The van der Waals surface area contributed by atoms with Crippen LogP contribution in [-0.4, -0.2) is 35.7 Å². The topological polar surface area (TPSA) is 92.2 Å². The minimum absolute atomic E-state index is 0.00652. The van der Waals surface area contributed by atoms with Crippen molar-refractivity contribution in [3.63, 3.8) is 0 Å². The van der Waals surface area contributed by atoms with E-state index in [1.165, 1.54) is 0 Å². The van der Waals surface area contributed by atoms with Gasteiger partial charge in [0.25, 0.3) is 5.91 Å². The number of carbonyl (C=O) groups excluding carboxylic acids is 1. The first-order chi connectivity index (χ1) is 23.7. The molecule has 1 aliphatic heterocycles. The molecule has 3 N–H and O–H groups in total. The van der Waals surface area contributed by atoms with Gasteiger partial charge in [0.15, 0.2) is 11.6 Å². The van der Waals surface area contributed by atoms with Crippen LogP contribution in [0.2, 0.25) is 0 Å². The number of hydrazine groups is 1. The summed E-state index contributed by atoms with van der Waals surface area (Å²) in [5.74, 6) is -0.0923. The molecule has 15 heteroatoms. The first-order valence-electron chi connectivity index (χ1n) is 15.1. The molecule has 0 saturated carbocycles. The Morgan fingerprint density at radius 1 is 0.880 bits per heavy atom. The summed E-state index contributed by atoms with van der Waals surface area (Å²) in [6.07, 6.45) is -10.7. The van der Waals surface area contributed by atoms with Crippen LogP contribution in [0.25, 0.3) is 0 Å². The second kappa shape index (κ2) is 15.5. The zero-order valence-corrected chi connectivity index (χ0v) is 29.1. The number of ether oxygens (including phenoxy) is 2. The summed E-state index contributed by atoms with van der Waals surface area (Å²) in [5.41, 5.74) is 1.75. The van der Waals surface area contributed by atoms with Crippen molar-refractivity contribution in [1.82, 2.24) is 10.9 Å². The number of alkyl halides is 6. The van der Waals surface area contributed by atoms with Gasteiger partial charge in [0.2, 0.25) is 5.90 Å². The Balaban J connectivity index is 1.52. The molecule has 2 atom stereocenters. The van der Waals surface area contributed by atoms with Gasteiger partial charge in [-0.15, -0.1) is 0 Å². The van der Waals surface area contributed by atoms with Crippen molar-refractivity contribution in [3.05, 3.63) is 133 Å². The van der Waals surface area contributed by atoms with Crippen LogP contribution < -0.4 is 15.6 Å². The lowest BCUT2D eigenvalue weighted by Gasteiger charge is -2.31. The van der Waals surface area contributed by atoms with Gasteiger partial charge in [-0.3, -0.25) is 10.2 Å². The molecule has 1 amide bonds. The van der Waals surface area contributed by atoms with Crippen molar-refractivity contribution >= 4 is 43.7 Å². The molecule has 0 aromatic heterocycles. The van der Waals surface area contributed by atoms with Crippen LogP contribution in [0.4, 0.5) is 26.3 Å². The number of benzene rings is 4. The predicted octanol–water partition coefficient (Wildman–Crippen LogP) is 8.33. The fraction of sp³-hybridized carbons (Fsp3) is 0.257. The molecule has 0 bridgehead atoms. The molecule has 1 aliphatic rings. The van der Waals surface area contributed by atoms with Gasteiger partial charge in [0, 0.05) is 46.1 Å². The largest absolute Gasteiger partial charge is 0.494 e. The van der Waals surface area contributed by atoms with Crippen molar-refractivity contribution in [2.45, 2.75) is 43.4 Å². The molecule has 7 nitrogen and oxygen atoms in total. The number of aliphatic hydroxyl groups excluding tert-OH is 1. The lowest BCUT2D eigenvalue weighted by Crippen LogP contribution is -2.53. The smallest absolute Gasteiger partial charge is 0.416 e. The van der Waals surface area contributed by atoms with E-state index in [0.29, 0.717) is 52.1 Å². The Hall–Kier alpha value is -3.92. The summed E-state index contributed by atoms with van der Waals surface area (Å²) in [7, 11) is 0. The molecule has 0 aliphatic carbocycles. The predicted molar refractivity (Wildman–Crippen MR) is 180 cm³/mol. The number of aliphatic imine (C=N–C) groups is 1. The standard InChI is InChI=1S/C35H29Br2F6N3O4/c36-26-10-6-21(7-11-26)19-33(32(48)46-44-20-22-16-24(34(38,39)40)18-25(17-22)35(41,42)43)30(28-4-1-2-5-29(28)37)50-31(45-33)23-8-12-27(13-9-23)49-15-3-14-47/h1-2,4-13,16-18,30,44,47H,3,14-15,19-20H2,(H,46,48)/t30-,33-/m0/s1. The van der Waals surface area contributed by atoms with E-state index in [2.05, 4.69) is 42.7 Å². The van der Waals surface area contributed by atoms with Crippen molar-refractivity contribution in [1.29, 1.82) is 0 Å². The monoisotopic (exact) mass is 827 g/mol. The van der Waals surface area contributed by atoms with Crippen LogP contribution >= 0.6 is 31.9 Å². The van der Waals surface area contributed by atoms with E-state index in [1.54, 1.807) is 72.8 Å². The average Bonchev–Trinajstić information content (AvgIpc) is 3.45. The normalized spacial score (nSPS) is 17.6. The van der Waals surface area contributed by atoms with E-state index >= 15 is 0 Å². The quantitative estimate of drug-likeness (QED) is 0.0760. The van der Waals surface area contributed by atoms with Crippen molar-refractivity contribution < 1.29 is 45.7 Å². The fourth-order valence-electron chi connectivity index (χ4n) is 5.32. The number of amides is 1. The number of aliphatic hydroxyl groups is 1. The Labute approximate surface area is 299 Å². The van der Waals surface area contributed by atoms with E-state index in [-0.39, 0.29) is 30.6 Å². The number of hydrogen-bond acceptors (Lipinski definition) is 6. The Kier molecular flexibility index (Phi) is 11.6. The molecule has 5 rings (SSSR count). The van der Waals surface area contributed by atoms with E-state index in [0.717, 1.165) is 4.47 Å². The number of hydrogen-bond donors (Lipinski definition) is 3. The van der Waals surface area contributed by atoms with Crippen LogP contribution in [0.3, 0.4) is 0 Å². The minimum Gasteiger partial charge on any atom is -0.494 e. The molecule has 0 saturated heterocycles. The zero-order chi connectivity index (χ0) is 36.1. The Morgan fingerprint density at radius 3 is 2.12 bits per heavy atom. The van der Waals surface area contributed by atoms with E-state index in [9.17, 15) is 31.1 Å². The molecule has 4 aromatic carbocycles. The van der Waals surface area contributed by atoms with Gasteiger partial charge in [-0.05, 0) is 71.8 Å². The van der Waals surface area contributed by atoms with Gasteiger partial charge in [-0.2, -0.15) is 26.3 Å². The van der Waals surface area contributed by atoms with Gasteiger partial charge in [0.05, 0.1) is 17.7 Å². The summed E-state index contributed by atoms with van der Waals surface area (Å²) in [5, 5.41) is 9.04. The number of nitrogens with one attached hydrogen (secondary N) is 2. The highest BCUT2D eigenvalue weighted by Crippen LogP contribution is 2.45. The zero-order valence-electron chi connectivity index (χ0n) is 25.9. The molecular weight excluding hydrogens is 800 g/mol. The second-order valence-electron chi connectivity index (χ2n) is 11.3. The van der Waals surface area contributed by atoms with Gasteiger partial charge in [-0.1, -0.05) is 62.2 Å². The summed E-state index contributed by atoms with van der Waals surface area (Å²) in [6, 6.07) is 22.2. The molecule has 0 unspecified atom stereocenters. The Morgan fingerprint density at radius 2 is 1.52 bits per heavy atom. The molecule has 50 heavy (non-hydrogen) atoms. The molecule has 0 radical (unpaired) electrons. The van der Waals surface area contributed by atoms with Crippen LogP contribution in [0.1, 0.15) is 45.9 Å². The first kappa shape index (κ1) is 37.3. The highest BCUT2D eigenvalue weighted by Gasteiger charge is 2.54. The molecule has 0 fully saturated rings. The molecular formula is C35H29Br2F6N3O4. The van der Waals surface area contributed by atoms with E-state index < -0.39 is 47.6 Å². The van der Waals surface area contributed by atoms with E-state index in [4.69, 9.17) is 19.6 Å². The third-order valence-corrected chi connectivity index (χ3v) is 9.00. The van der Waals surface area contributed by atoms with Gasteiger partial charge >= 0.3 is 12.4 Å². The maximum absolute atomic E-state index is 14.4. The van der Waals surface area contributed by atoms with Crippen molar-refractivity contribution in [2.24, 2.45) is 4.99 Å². The second-order valence-corrected chi connectivity index (χ2v) is 13.1. The highest BCUT2D eigenvalue weighted by atomic mass is 79.9. The molecule has 4 aromatic rings. The summed E-state index contributed by atoms with van der Waals surface area (Å²) < 4.78 is 94.3. The molecule has 0 spiro atoms. The van der Waals surface area contributed by atoms with Crippen LogP contribution in [0.15, 0.2) is 105 Å². The lowest BCUT2D eigenvalue weighted by atomic mass is 9.82. The van der Waals surface area contributed by atoms with Crippen molar-refractivity contribution in [2.75, 3.05) is 13.2 Å². The van der Waals surface area contributed by atoms with Crippen LogP contribution in [0, 0.1) is 0 Å². The highest BCUT2D eigenvalue weighted by molar-refractivity contribution is 9.10. The first-order valence-corrected chi connectivity index (χ1v) is 16.7. The summed E-state index contributed by atoms with van der Waals surface area (Å²) in [6.45, 7) is -0.286. The lowest BCUT2D eigenvalue weighted by molar-refractivity contribution is -0.143. The van der Waals surface area contributed by atoms with Crippen LogP contribution in [0.5, 0.6) is 5.75 Å². The molecule has 1 heterocycles. The number of carbonyl (C=O) groups is 1. The number of rotatable bonds is 12. The average molecular weight is 829 g/mol. The summed E-state index contributed by atoms with van der Waals surface area (Å²) >= 11 is 6.95. The van der Waals surface area contributed by atoms with E-state index in [1.807, 2.05) is 0 Å². The van der Waals surface area contributed by atoms with Gasteiger partial charge in [-0.25, -0.2) is 10.4 Å². The van der Waals surface area contributed by atoms with Crippen molar-refractivity contribution in [3.8, 4) is 5.75 Å². The SMILES string of the molecule is O=C(NNCc1cc(C(F)(F)F)cc(C(F)(F)F)c1)[C@@]1(Cc2ccc(Br)cc2)N=C(c2ccc(OCCCO)cc2)O[C@H]1c1ccccc1Br. The van der Waals surface area contributed by atoms with Gasteiger partial charge < -0.3 is 14.6 Å². The van der Waals surface area contributed by atoms with Gasteiger partial charge in [0.1, 0.15) is 5.75 Å².